The van der Waals surface area contributed by atoms with Crippen LogP contribution in [0.5, 0.6) is 0 Å². The Morgan fingerprint density at radius 1 is 1.36 bits per heavy atom. The van der Waals surface area contributed by atoms with Crippen LogP contribution in [0.25, 0.3) is 0 Å². The van der Waals surface area contributed by atoms with Crippen LogP contribution >= 0.6 is 0 Å². The fourth-order valence-electron chi connectivity index (χ4n) is 2.96. The molecule has 0 aliphatic heterocycles. The Labute approximate surface area is 131 Å². The van der Waals surface area contributed by atoms with Crippen molar-refractivity contribution in [1.29, 1.82) is 0 Å². The fraction of sp³-hybridized carbons (Fsp3) is 0.500. The molecule has 2 rings (SSSR count). The van der Waals surface area contributed by atoms with Crippen molar-refractivity contribution < 1.29 is 14.3 Å². The van der Waals surface area contributed by atoms with E-state index < -0.39 is 6.10 Å². The van der Waals surface area contributed by atoms with Crippen LogP contribution in [0.4, 0.5) is 4.39 Å². The predicted octanol–water partition coefficient (Wildman–Crippen LogP) is 3.21. The minimum atomic E-state index is -0.826. The van der Waals surface area contributed by atoms with Gasteiger partial charge in [-0.3, -0.25) is 4.79 Å². The molecule has 3 nitrogen and oxygen atoms in total. The molecule has 0 radical (unpaired) electrons. The van der Waals surface area contributed by atoms with Crippen molar-refractivity contribution in [2.45, 2.75) is 33.8 Å². The highest BCUT2D eigenvalue weighted by Gasteiger charge is 2.60. The molecule has 1 aliphatic carbocycles. The lowest BCUT2D eigenvalue weighted by atomic mass is 10.1. The molecule has 22 heavy (non-hydrogen) atoms. The van der Waals surface area contributed by atoms with Crippen LogP contribution in [-0.4, -0.2) is 17.6 Å². The number of benzene rings is 1. The lowest BCUT2D eigenvalue weighted by molar-refractivity contribution is -0.123. The first-order valence-corrected chi connectivity index (χ1v) is 7.59. The Kier molecular flexibility index (Phi) is 4.71. The van der Waals surface area contributed by atoms with E-state index in [1.165, 1.54) is 29.8 Å². The van der Waals surface area contributed by atoms with E-state index in [0.29, 0.717) is 5.56 Å². The van der Waals surface area contributed by atoms with Crippen LogP contribution in [0.1, 0.15) is 39.4 Å². The lowest BCUT2D eigenvalue weighted by Crippen LogP contribution is -2.31. The van der Waals surface area contributed by atoms with Gasteiger partial charge in [-0.2, -0.15) is 0 Å². The summed E-state index contributed by atoms with van der Waals surface area (Å²) >= 11 is 0. The van der Waals surface area contributed by atoms with Gasteiger partial charge >= 0.3 is 0 Å². The molecule has 3 unspecified atom stereocenters. The van der Waals surface area contributed by atoms with Crippen LogP contribution in [0, 0.1) is 23.1 Å². The van der Waals surface area contributed by atoms with Gasteiger partial charge in [0.15, 0.2) is 0 Å². The zero-order valence-electron chi connectivity index (χ0n) is 13.6. The summed E-state index contributed by atoms with van der Waals surface area (Å²) in [6.07, 6.45) is 1.31. The molecular weight excluding hydrogens is 281 g/mol. The minimum Gasteiger partial charge on any atom is -0.387 e. The Morgan fingerprint density at radius 2 is 1.95 bits per heavy atom. The quantitative estimate of drug-likeness (QED) is 0.821. The molecule has 0 saturated heterocycles. The summed E-state index contributed by atoms with van der Waals surface area (Å²) in [4.78, 5) is 12.3. The summed E-state index contributed by atoms with van der Waals surface area (Å²) in [6.45, 7) is 8.36. The van der Waals surface area contributed by atoms with Crippen molar-refractivity contribution in [1.82, 2.24) is 5.32 Å². The van der Waals surface area contributed by atoms with E-state index in [9.17, 15) is 14.3 Å². The second kappa shape index (κ2) is 6.21. The van der Waals surface area contributed by atoms with Gasteiger partial charge in [0.1, 0.15) is 5.82 Å². The molecule has 1 aliphatic rings. The first kappa shape index (κ1) is 16.7. The van der Waals surface area contributed by atoms with Crippen LogP contribution in [0.2, 0.25) is 0 Å². The normalized spacial score (nSPS) is 23.5. The van der Waals surface area contributed by atoms with Crippen molar-refractivity contribution in [3.05, 3.63) is 47.3 Å². The van der Waals surface area contributed by atoms with Gasteiger partial charge in [-0.05, 0) is 42.9 Å². The SMILES string of the molecule is CC(C)=CC1C(C(=O)NCC(O)c2ccc(F)cc2)C1(C)C. The van der Waals surface area contributed by atoms with E-state index >= 15 is 0 Å². The van der Waals surface area contributed by atoms with Crippen LogP contribution < -0.4 is 5.32 Å². The molecular formula is C18H24FNO2. The molecule has 0 bridgehead atoms. The zero-order valence-corrected chi connectivity index (χ0v) is 13.6. The number of aliphatic hydroxyl groups is 1. The number of rotatable bonds is 5. The summed E-state index contributed by atoms with van der Waals surface area (Å²) < 4.78 is 12.9. The minimum absolute atomic E-state index is 0.0336. The molecule has 2 N–H and O–H groups in total. The third kappa shape index (κ3) is 3.55. The highest BCUT2D eigenvalue weighted by Crippen LogP contribution is 2.59. The highest BCUT2D eigenvalue weighted by molar-refractivity contribution is 5.83. The molecule has 1 fully saturated rings. The van der Waals surface area contributed by atoms with Crippen LogP contribution in [-0.2, 0) is 4.79 Å². The van der Waals surface area contributed by atoms with Gasteiger partial charge < -0.3 is 10.4 Å². The van der Waals surface area contributed by atoms with Crippen molar-refractivity contribution in [3.63, 3.8) is 0 Å². The maximum atomic E-state index is 12.9. The molecule has 0 spiro atoms. The number of aliphatic hydroxyl groups excluding tert-OH is 1. The smallest absolute Gasteiger partial charge is 0.224 e. The Hall–Kier alpha value is -1.68. The number of allylic oxidation sites excluding steroid dienone is 2. The third-order valence-corrected chi connectivity index (χ3v) is 4.43. The summed E-state index contributed by atoms with van der Waals surface area (Å²) in [6, 6.07) is 5.66. The van der Waals surface area contributed by atoms with Gasteiger partial charge in [0, 0.05) is 6.54 Å². The van der Waals surface area contributed by atoms with Crippen LogP contribution in [0.3, 0.4) is 0 Å². The number of carbonyl (C=O) groups excluding carboxylic acids is 1. The largest absolute Gasteiger partial charge is 0.387 e. The predicted molar refractivity (Wildman–Crippen MR) is 84.6 cm³/mol. The fourth-order valence-corrected chi connectivity index (χ4v) is 2.96. The Balaban J connectivity index is 1.91. The average Bonchev–Trinajstić information content (AvgIpc) is 2.96. The van der Waals surface area contributed by atoms with Crippen LogP contribution in [0.15, 0.2) is 35.9 Å². The summed E-state index contributed by atoms with van der Waals surface area (Å²) in [5.74, 6) is -0.179. The number of halogens is 1. The number of carbonyl (C=O) groups is 1. The van der Waals surface area contributed by atoms with Gasteiger partial charge in [-0.25, -0.2) is 4.39 Å². The first-order chi connectivity index (χ1) is 10.2. The van der Waals surface area contributed by atoms with E-state index in [0.717, 1.165) is 0 Å². The Morgan fingerprint density at radius 3 is 2.50 bits per heavy atom. The molecule has 1 saturated carbocycles. The second-order valence-electron chi connectivity index (χ2n) is 6.88. The molecule has 0 heterocycles. The standard InChI is InChI=1S/C18H24FNO2/c1-11(2)9-14-16(18(14,3)4)17(22)20-10-15(21)12-5-7-13(19)8-6-12/h5-9,14-16,21H,10H2,1-4H3,(H,20,22). The number of hydrogen-bond acceptors (Lipinski definition) is 2. The van der Waals surface area contributed by atoms with E-state index in [-0.39, 0.29) is 35.5 Å². The van der Waals surface area contributed by atoms with Crippen molar-refractivity contribution in [3.8, 4) is 0 Å². The zero-order chi connectivity index (χ0) is 16.5. The van der Waals surface area contributed by atoms with Crippen molar-refractivity contribution in [2.75, 3.05) is 6.54 Å². The summed E-state index contributed by atoms with van der Waals surface area (Å²) in [7, 11) is 0. The van der Waals surface area contributed by atoms with Crippen molar-refractivity contribution in [2.24, 2.45) is 17.3 Å². The maximum absolute atomic E-state index is 12.9. The van der Waals surface area contributed by atoms with Gasteiger partial charge in [0.05, 0.1) is 12.0 Å². The maximum Gasteiger partial charge on any atom is 0.224 e. The Bertz CT molecular complexity index is 573. The monoisotopic (exact) mass is 305 g/mol. The number of amides is 1. The average molecular weight is 305 g/mol. The number of nitrogens with one attached hydrogen (secondary N) is 1. The van der Waals surface area contributed by atoms with E-state index in [1.54, 1.807) is 0 Å². The lowest BCUT2D eigenvalue weighted by Gasteiger charge is -2.12. The number of hydrogen-bond donors (Lipinski definition) is 2. The molecule has 1 aromatic carbocycles. The topological polar surface area (TPSA) is 49.3 Å². The van der Waals surface area contributed by atoms with E-state index in [2.05, 4.69) is 25.2 Å². The van der Waals surface area contributed by atoms with Gasteiger partial charge in [0.2, 0.25) is 5.91 Å². The molecule has 120 valence electrons. The van der Waals surface area contributed by atoms with Gasteiger partial charge in [-0.1, -0.05) is 37.6 Å². The van der Waals surface area contributed by atoms with E-state index in [4.69, 9.17) is 0 Å². The molecule has 3 atom stereocenters. The van der Waals surface area contributed by atoms with E-state index in [1.807, 2.05) is 13.8 Å². The first-order valence-electron chi connectivity index (χ1n) is 7.59. The third-order valence-electron chi connectivity index (χ3n) is 4.43. The van der Waals surface area contributed by atoms with Crippen molar-refractivity contribution >= 4 is 5.91 Å². The molecule has 1 amide bonds. The molecule has 4 heteroatoms. The summed E-state index contributed by atoms with van der Waals surface area (Å²) in [5.41, 5.74) is 1.76. The molecule has 1 aromatic rings. The molecule has 0 aromatic heterocycles. The highest BCUT2D eigenvalue weighted by atomic mass is 19.1. The van der Waals surface area contributed by atoms with Gasteiger partial charge in [-0.15, -0.1) is 0 Å². The van der Waals surface area contributed by atoms with Gasteiger partial charge in [0.25, 0.3) is 0 Å². The second-order valence-corrected chi connectivity index (χ2v) is 6.88. The summed E-state index contributed by atoms with van der Waals surface area (Å²) in [5, 5.41) is 12.9.